The third-order valence-electron chi connectivity index (χ3n) is 2.64. The number of nitrogen functional groups attached to an aromatic ring is 1. The molecule has 7 heteroatoms. The fraction of sp³-hybridized carbons (Fsp3) is 0.364. The minimum absolute atomic E-state index is 0. The monoisotopic (exact) mass is 294 g/mol. The highest BCUT2D eigenvalue weighted by molar-refractivity contribution is 5.94. The van der Waals surface area contributed by atoms with Crippen molar-refractivity contribution in [2.45, 2.75) is 0 Å². The average Bonchev–Trinajstić information content (AvgIpc) is 2.30. The number of hydrogen-bond acceptors (Lipinski definition) is 4. The summed E-state index contributed by atoms with van der Waals surface area (Å²) in [4.78, 5) is 13.0. The highest BCUT2D eigenvalue weighted by Crippen LogP contribution is 2.22. The number of nitrogens with two attached hydrogens (primary N) is 1. The zero-order chi connectivity index (χ0) is 11.5. The fourth-order valence-corrected chi connectivity index (χ4v) is 1.75. The molecule has 5 nitrogen and oxygen atoms in total. The van der Waals surface area contributed by atoms with E-state index in [4.69, 9.17) is 15.6 Å². The van der Waals surface area contributed by atoms with Crippen LogP contribution in [0.25, 0.3) is 0 Å². The van der Waals surface area contributed by atoms with Crippen molar-refractivity contribution in [2.24, 2.45) is 0 Å². The van der Waals surface area contributed by atoms with Gasteiger partial charge in [-0.3, -0.25) is 0 Å². The Morgan fingerprint density at radius 3 is 2.44 bits per heavy atom. The first-order chi connectivity index (χ1) is 7.68. The lowest BCUT2D eigenvalue weighted by Gasteiger charge is -2.29. The molecule has 18 heavy (non-hydrogen) atoms. The van der Waals surface area contributed by atoms with Crippen LogP contribution in [0.5, 0.6) is 0 Å². The molecule has 0 amide bonds. The van der Waals surface area contributed by atoms with Crippen LogP contribution in [0.2, 0.25) is 0 Å². The Morgan fingerprint density at radius 1 is 1.28 bits per heavy atom. The third-order valence-corrected chi connectivity index (χ3v) is 2.64. The van der Waals surface area contributed by atoms with Crippen LogP contribution in [0.3, 0.4) is 0 Å². The maximum absolute atomic E-state index is 10.9. The highest BCUT2D eigenvalue weighted by atomic mass is 35.5. The topological polar surface area (TPSA) is 75.8 Å². The Morgan fingerprint density at radius 2 is 1.89 bits per heavy atom. The van der Waals surface area contributed by atoms with Crippen molar-refractivity contribution in [1.29, 1.82) is 0 Å². The predicted molar refractivity (Wildman–Crippen MR) is 75.3 cm³/mol. The van der Waals surface area contributed by atoms with Gasteiger partial charge in [-0.25, -0.2) is 4.79 Å². The van der Waals surface area contributed by atoms with Crippen LogP contribution >= 0.6 is 24.8 Å². The van der Waals surface area contributed by atoms with Crippen LogP contribution in [0.1, 0.15) is 10.4 Å². The van der Waals surface area contributed by atoms with Crippen molar-refractivity contribution in [3.05, 3.63) is 23.8 Å². The van der Waals surface area contributed by atoms with Crippen molar-refractivity contribution in [1.82, 2.24) is 0 Å². The molecule has 1 heterocycles. The van der Waals surface area contributed by atoms with E-state index in [9.17, 15) is 4.79 Å². The van der Waals surface area contributed by atoms with Crippen LogP contribution in [0.15, 0.2) is 18.2 Å². The molecule has 1 aromatic rings. The Labute approximate surface area is 118 Å². The maximum atomic E-state index is 10.9. The molecule has 0 radical (unpaired) electrons. The molecule has 1 aromatic carbocycles. The normalized spacial score (nSPS) is 14.3. The van der Waals surface area contributed by atoms with E-state index in [0.29, 0.717) is 18.9 Å². The predicted octanol–water partition coefficient (Wildman–Crippen LogP) is 1.65. The first-order valence-corrected chi connectivity index (χ1v) is 5.14. The lowest BCUT2D eigenvalue weighted by atomic mass is 10.1. The van der Waals surface area contributed by atoms with Crippen LogP contribution in [-0.4, -0.2) is 37.4 Å². The molecule has 102 valence electrons. The molecule has 0 bridgehead atoms. The van der Waals surface area contributed by atoms with E-state index in [0.717, 1.165) is 18.8 Å². The number of benzene rings is 1. The van der Waals surface area contributed by atoms with E-state index in [1.165, 1.54) is 0 Å². The Hall–Kier alpha value is -1.17. The summed E-state index contributed by atoms with van der Waals surface area (Å²) < 4.78 is 5.24. The van der Waals surface area contributed by atoms with Gasteiger partial charge in [-0.1, -0.05) is 0 Å². The van der Waals surface area contributed by atoms with E-state index < -0.39 is 5.97 Å². The molecule has 3 N–H and O–H groups in total. The van der Waals surface area contributed by atoms with Gasteiger partial charge >= 0.3 is 5.97 Å². The molecular formula is C11H16Cl2N2O3. The fourth-order valence-electron chi connectivity index (χ4n) is 1.75. The van der Waals surface area contributed by atoms with Crippen molar-refractivity contribution < 1.29 is 14.6 Å². The number of aromatic carboxylic acids is 1. The second kappa shape index (κ2) is 7.31. The quantitative estimate of drug-likeness (QED) is 0.811. The molecule has 2 rings (SSSR count). The van der Waals surface area contributed by atoms with Gasteiger partial charge in [-0.2, -0.15) is 0 Å². The van der Waals surface area contributed by atoms with Gasteiger partial charge in [-0.15, -0.1) is 24.8 Å². The summed E-state index contributed by atoms with van der Waals surface area (Å²) in [6, 6.07) is 5.09. The molecular weight excluding hydrogens is 279 g/mol. The van der Waals surface area contributed by atoms with Gasteiger partial charge in [0.05, 0.1) is 18.8 Å². The molecule has 0 aliphatic carbocycles. The Bertz CT molecular complexity index is 409. The van der Waals surface area contributed by atoms with Gasteiger partial charge in [-0.05, 0) is 18.2 Å². The number of nitrogens with zero attached hydrogens (tertiary/aromatic N) is 1. The average molecular weight is 295 g/mol. The van der Waals surface area contributed by atoms with Gasteiger partial charge < -0.3 is 20.5 Å². The van der Waals surface area contributed by atoms with E-state index in [1.807, 2.05) is 6.07 Å². The second-order valence-corrected chi connectivity index (χ2v) is 3.68. The van der Waals surface area contributed by atoms with Crippen LogP contribution < -0.4 is 10.6 Å². The van der Waals surface area contributed by atoms with Crippen LogP contribution in [0.4, 0.5) is 11.4 Å². The number of hydrogen-bond donors (Lipinski definition) is 2. The molecule has 1 aliphatic rings. The first kappa shape index (κ1) is 16.8. The van der Waals surface area contributed by atoms with Crippen LogP contribution in [-0.2, 0) is 4.74 Å². The zero-order valence-corrected chi connectivity index (χ0v) is 11.3. The SMILES string of the molecule is Cl.Cl.Nc1ccc(N2CCOCC2)cc1C(=O)O. The number of morpholine rings is 1. The zero-order valence-electron chi connectivity index (χ0n) is 9.67. The van der Waals surface area contributed by atoms with E-state index in [-0.39, 0.29) is 30.4 Å². The van der Waals surface area contributed by atoms with E-state index >= 15 is 0 Å². The van der Waals surface area contributed by atoms with Gasteiger partial charge in [0.15, 0.2) is 0 Å². The largest absolute Gasteiger partial charge is 0.478 e. The standard InChI is InChI=1S/C11H14N2O3.2ClH/c12-10-2-1-8(7-9(10)11(14)15)13-3-5-16-6-4-13;;/h1-2,7H,3-6,12H2,(H,14,15);2*1H. The molecule has 0 spiro atoms. The minimum Gasteiger partial charge on any atom is -0.478 e. The number of rotatable bonds is 2. The summed E-state index contributed by atoms with van der Waals surface area (Å²) >= 11 is 0. The van der Waals surface area contributed by atoms with Gasteiger partial charge in [0.25, 0.3) is 0 Å². The summed E-state index contributed by atoms with van der Waals surface area (Å²) in [5, 5.41) is 8.97. The molecule has 1 aliphatic heterocycles. The number of carboxylic acid groups (broad SMARTS) is 1. The van der Waals surface area contributed by atoms with Crippen molar-refractivity contribution in [3.63, 3.8) is 0 Å². The smallest absolute Gasteiger partial charge is 0.337 e. The molecule has 1 fully saturated rings. The first-order valence-electron chi connectivity index (χ1n) is 5.14. The molecule has 0 atom stereocenters. The maximum Gasteiger partial charge on any atom is 0.337 e. The molecule has 1 saturated heterocycles. The van der Waals surface area contributed by atoms with E-state index in [1.54, 1.807) is 12.1 Å². The number of carboxylic acids is 1. The van der Waals surface area contributed by atoms with Gasteiger partial charge in [0, 0.05) is 24.5 Å². The molecule has 0 saturated carbocycles. The summed E-state index contributed by atoms with van der Waals surface area (Å²) in [5.74, 6) is -0.993. The number of halogens is 2. The summed E-state index contributed by atoms with van der Waals surface area (Å²) in [6.45, 7) is 2.91. The Kier molecular flexibility index (Phi) is 6.83. The third kappa shape index (κ3) is 3.66. The molecule has 0 unspecified atom stereocenters. The Balaban J connectivity index is 0.00000144. The number of ether oxygens (including phenoxy) is 1. The number of anilines is 2. The number of carbonyl (C=O) groups is 1. The lowest BCUT2D eigenvalue weighted by Crippen LogP contribution is -2.36. The second-order valence-electron chi connectivity index (χ2n) is 3.68. The summed E-state index contributed by atoms with van der Waals surface area (Å²) in [6.07, 6.45) is 0. The van der Waals surface area contributed by atoms with Crippen molar-refractivity contribution in [2.75, 3.05) is 36.9 Å². The van der Waals surface area contributed by atoms with E-state index in [2.05, 4.69) is 4.90 Å². The molecule has 0 aromatic heterocycles. The lowest BCUT2D eigenvalue weighted by molar-refractivity contribution is 0.0698. The summed E-state index contributed by atoms with van der Waals surface area (Å²) in [7, 11) is 0. The minimum atomic E-state index is -0.993. The highest BCUT2D eigenvalue weighted by Gasteiger charge is 2.14. The van der Waals surface area contributed by atoms with Gasteiger partial charge in [0.2, 0.25) is 0 Å². The summed E-state index contributed by atoms with van der Waals surface area (Å²) in [5.41, 5.74) is 6.93. The van der Waals surface area contributed by atoms with Crippen molar-refractivity contribution >= 4 is 42.2 Å². The van der Waals surface area contributed by atoms with Gasteiger partial charge in [0.1, 0.15) is 0 Å². The van der Waals surface area contributed by atoms with Crippen molar-refractivity contribution in [3.8, 4) is 0 Å². The van der Waals surface area contributed by atoms with Crippen LogP contribution in [0, 0.1) is 0 Å².